The van der Waals surface area contributed by atoms with Crippen molar-refractivity contribution in [3.63, 3.8) is 0 Å². The quantitative estimate of drug-likeness (QED) is 0.698. The minimum atomic E-state index is -1.43. The van der Waals surface area contributed by atoms with E-state index in [0.717, 1.165) is 50.8 Å². The van der Waals surface area contributed by atoms with E-state index in [1.54, 1.807) is 24.3 Å². The Morgan fingerprint density at radius 2 is 1.90 bits per heavy atom. The summed E-state index contributed by atoms with van der Waals surface area (Å²) in [7, 11) is 0.689. The third-order valence-corrected chi connectivity index (χ3v) is 3.83. The largest absolute Gasteiger partial charge is 0.492 e. The second kappa shape index (κ2) is 8.39. The molecule has 0 saturated carbocycles. The maximum atomic E-state index is 9.02. The van der Waals surface area contributed by atoms with E-state index in [4.69, 9.17) is 19.5 Å². The molecule has 1 heterocycles. The van der Waals surface area contributed by atoms with Gasteiger partial charge in [-0.15, -0.1) is 0 Å². The van der Waals surface area contributed by atoms with Gasteiger partial charge in [0.05, 0.1) is 0 Å². The van der Waals surface area contributed by atoms with Gasteiger partial charge in [0, 0.05) is 26.3 Å². The maximum Gasteiger partial charge on any atom is 0.488 e. The first kappa shape index (κ1) is 16.3. The Morgan fingerprint density at radius 3 is 2.52 bits per heavy atom. The zero-order valence-electron chi connectivity index (χ0n) is 12.6. The first-order valence-electron chi connectivity index (χ1n) is 7.50. The molecule has 1 aromatic rings. The fourth-order valence-corrected chi connectivity index (χ4v) is 2.52. The molecule has 1 saturated heterocycles. The van der Waals surface area contributed by atoms with E-state index < -0.39 is 7.12 Å². The molecule has 0 bridgehead atoms. The standard InChI is InChI=1S/C15H24BNO4/c1-17(12-13-6-9-20-10-7-13)8-11-21-15-4-2-14(3-5-15)16(18)19/h2-5,13,18-19H,6-12H2,1H3. The normalized spacial score (nSPS) is 16.2. The summed E-state index contributed by atoms with van der Waals surface area (Å²) in [6, 6.07) is 6.83. The van der Waals surface area contributed by atoms with Crippen molar-refractivity contribution in [3.8, 4) is 5.75 Å². The minimum Gasteiger partial charge on any atom is -0.492 e. The monoisotopic (exact) mass is 293 g/mol. The highest BCUT2D eigenvalue weighted by molar-refractivity contribution is 6.58. The first-order chi connectivity index (χ1) is 10.1. The smallest absolute Gasteiger partial charge is 0.488 e. The predicted octanol–water partition coefficient (Wildman–Crippen LogP) is 0.104. The molecule has 0 aromatic heterocycles. The van der Waals surface area contributed by atoms with Crippen LogP contribution in [0.15, 0.2) is 24.3 Å². The summed E-state index contributed by atoms with van der Waals surface area (Å²) in [6.07, 6.45) is 2.30. The molecule has 21 heavy (non-hydrogen) atoms. The van der Waals surface area contributed by atoms with Crippen LogP contribution in [0.25, 0.3) is 0 Å². The Morgan fingerprint density at radius 1 is 1.24 bits per heavy atom. The number of nitrogens with zero attached hydrogens (tertiary/aromatic N) is 1. The van der Waals surface area contributed by atoms with E-state index in [1.807, 2.05) is 0 Å². The van der Waals surface area contributed by atoms with Gasteiger partial charge < -0.3 is 24.4 Å². The zero-order chi connectivity index (χ0) is 15.1. The van der Waals surface area contributed by atoms with Crippen LogP contribution in [0.5, 0.6) is 5.75 Å². The Kier molecular flexibility index (Phi) is 6.51. The van der Waals surface area contributed by atoms with Gasteiger partial charge in [0.2, 0.25) is 0 Å². The van der Waals surface area contributed by atoms with Gasteiger partial charge >= 0.3 is 7.12 Å². The summed E-state index contributed by atoms with van der Waals surface area (Å²) in [4.78, 5) is 2.29. The molecule has 0 spiro atoms. The fourth-order valence-electron chi connectivity index (χ4n) is 2.52. The van der Waals surface area contributed by atoms with Crippen molar-refractivity contribution in [3.05, 3.63) is 24.3 Å². The van der Waals surface area contributed by atoms with E-state index in [2.05, 4.69) is 11.9 Å². The number of ether oxygens (including phenoxy) is 2. The number of benzene rings is 1. The van der Waals surface area contributed by atoms with Crippen LogP contribution >= 0.6 is 0 Å². The lowest BCUT2D eigenvalue weighted by Gasteiger charge is -2.27. The summed E-state index contributed by atoms with van der Waals surface area (Å²) in [5, 5.41) is 18.0. The Hall–Kier alpha value is -1.08. The summed E-state index contributed by atoms with van der Waals surface area (Å²) < 4.78 is 11.0. The van der Waals surface area contributed by atoms with E-state index in [1.165, 1.54) is 0 Å². The van der Waals surface area contributed by atoms with Gasteiger partial charge in [-0.25, -0.2) is 0 Å². The second-order valence-corrected chi connectivity index (χ2v) is 5.61. The van der Waals surface area contributed by atoms with E-state index in [0.29, 0.717) is 12.1 Å². The number of hydrogen-bond acceptors (Lipinski definition) is 5. The van der Waals surface area contributed by atoms with Gasteiger partial charge in [0.15, 0.2) is 0 Å². The van der Waals surface area contributed by atoms with Crippen LogP contribution in [0.3, 0.4) is 0 Å². The van der Waals surface area contributed by atoms with E-state index in [9.17, 15) is 0 Å². The van der Waals surface area contributed by atoms with Crippen molar-refractivity contribution in [1.82, 2.24) is 4.90 Å². The van der Waals surface area contributed by atoms with Gasteiger partial charge in [-0.2, -0.15) is 0 Å². The van der Waals surface area contributed by atoms with Crippen molar-refractivity contribution in [1.29, 1.82) is 0 Å². The van der Waals surface area contributed by atoms with Crippen LogP contribution < -0.4 is 10.2 Å². The molecule has 116 valence electrons. The van der Waals surface area contributed by atoms with Crippen LogP contribution in [0.2, 0.25) is 0 Å². The lowest BCUT2D eigenvalue weighted by Crippen LogP contribution is -2.32. The Balaban J connectivity index is 1.66. The Bertz CT molecular complexity index is 407. The van der Waals surface area contributed by atoms with Crippen molar-refractivity contribution < 1.29 is 19.5 Å². The van der Waals surface area contributed by atoms with Crippen molar-refractivity contribution in [2.24, 2.45) is 5.92 Å². The average Bonchev–Trinajstić information content (AvgIpc) is 2.49. The van der Waals surface area contributed by atoms with E-state index in [-0.39, 0.29) is 0 Å². The van der Waals surface area contributed by atoms with Crippen LogP contribution in [-0.4, -0.2) is 62.0 Å². The van der Waals surface area contributed by atoms with Gasteiger partial charge in [-0.1, -0.05) is 12.1 Å². The SMILES string of the molecule is CN(CCOc1ccc(B(O)O)cc1)CC1CCOCC1. The van der Waals surface area contributed by atoms with Gasteiger partial charge in [-0.3, -0.25) is 0 Å². The molecule has 6 heteroatoms. The van der Waals surface area contributed by atoms with Gasteiger partial charge in [-0.05, 0) is 43.4 Å². The summed E-state index contributed by atoms with van der Waals surface area (Å²) in [6.45, 7) is 4.36. The third-order valence-electron chi connectivity index (χ3n) is 3.83. The molecular formula is C15H24BNO4. The van der Waals surface area contributed by atoms with Crippen LogP contribution in [0, 0.1) is 5.92 Å². The van der Waals surface area contributed by atoms with Crippen molar-refractivity contribution in [2.45, 2.75) is 12.8 Å². The molecule has 0 aliphatic carbocycles. The highest BCUT2D eigenvalue weighted by Gasteiger charge is 2.15. The molecule has 0 atom stereocenters. The molecule has 0 radical (unpaired) electrons. The maximum absolute atomic E-state index is 9.02. The number of likely N-dealkylation sites (N-methyl/N-ethyl adjacent to an activating group) is 1. The number of hydrogen-bond donors (Lipinski definition) is 2. The molecule has 0 unspecified atom stereocenters. The highest BCUT2D eigenvalue weighted by atomic mass is 16.5. The molecule has 1 aliphatic heterocycles. The second-order valence-electron chi connectivity index (χ2n) is 5.61. The molecular weight excluding hydrogens is 269 g/mol. The molecule has 1 aromatic carbocycles. The molecule has 2 rings (SSSR count). The van der Waals surface area contributed by atoms with Crippen LogP contribution in [0.1, 0.15) is 12.8 Å². The van der Waals surface area contributed by atoms with Crippen molar-refractivity contribution in [2.75, 3.05) is 40.0 Å². The van der Waals surface area contributed by atoms with Crippen LogP contribution in [-0.2, 0) is 4.74 Å². The summed E-state index contributed by atoms with van der Waals surface area (Å²) in [5.74, 6) is 1.48. The summed E-state index contributed by atoms with van der Waals surface area (Å²) >= 11 is 0. The van der Waals surface area contributed by atoms with E-state index >= 15 is 0 Å². The molecule has 0 amide bonds. The molecule has 5 nitrogen and oxygen atoms in total. The summed E-state index contributed by atoms with van der Waals surface area (Å²) in [5.41, 5.74) is 0.471. The lowest BCUT2D eigenvalue weighted by atomic mass is 9.80. The zero-order valence-corrected chi connectivity index (χ0v) is 12.6. The topological polar surface area (TPSA) is 62.2 Å². The highest BCUT2D eigenvalue weighted by Crippen LogP contribution is 2.15. The minimum absolute atomic E-state index is 0.471. The van der Waals surface area contributed by atoms with Gasteiger partial charge in [0.25, 0.3) is 0 Å². The molecule has 1 fully saturated rings. The third kappa shape index (κ3) is 5.67. The number of rotatable bonds is 7. The lowest BCUT2D eigenvalue weighted by molar-refractivity contribution is 0.0543. The van der Waals surface area contributed by atoms with Gasteiger partial charge in [0.1, 0.15) is 12.4 Å². The fraction of sp³-hybridized carbons (Fsp3) is 0.600. The van der Waals surface area contributed by atoms with Crippen LogP contribution in [0.4, 0.5) is 0 Å². The first-order valence-corrected chi connectivity index (χ1v) is 7.50. The average molecular weight is 293 g/mol. The molecule has 2 N–H and O–H groups in total. The van der Waals surface area contributed by atoms with Crippen molar-refractivity contribution >= 4 is 12.6 Å². The Labute approximate surface area is 126 Å². The predicted molar refractivity (Wildman–Crippen MR) is 82.8 cm³/mol. The molecule has 1 aliphatic rings.